The Balaban J connectivity index is 3.01. The maximum absolute atomic E-state index is 12.7. The topological polar surface area (TPSA) is 53.2 Å². The summed E-state index contributed by atoms with van der Waals surface area (Å²) in [7, 11) is 0. The minimum absolute atomic E-state index is 0.0919. The number of alkyl halides is 3. The number of hydrogen-bond donors (Lipinski definition) is 1. The zero-order valence-electron chi connectivity index (χ0n) is 9.66. The molecule has 1 aromatic carbocycles. The molecule has 0 heterocycles. The van der Waals surface area contributed by atoms with Crippen LogP contribution < -0.4 is 4.74 Å². The molecule has 0 aliphatic carbocycles. The molecule has 0 aromatic heterocycles. The maximum atomic E-state index is 12.7. The third-order valence-corrected chi connectivity index (χ3v) is 2.32. The minimum Gasteiger partial charge on any atom is -0.490 e. The Labute approximate surface area is 102 Å². The number of benzene rings is 1. The van der Waals surface area contributed by atoms with E-state index in [4.69, 9.17) is 10.00 Å². The average Bonchev–Trinajstić information content (AvgIpc) is 2.34. The highest BCUT2D eigenvalue weighted by molar-refractivity contribution is 5.43. The van der Waals surface area contributed by atoms with Gasteiger partial charge in [-0.15, -0.1) is 0 Å². The van der Waals surface area contributed by atoms with E-state index < -0.39 is 17.8 Å². The SMILES string of the molecule is CCC(O)COc1ccc(C#N)cc1C(F)(F)F. The van der Waals surface area contributed by atoms with Gasteiger partial charge in [0.05, 0.1) is 23.3 Å². The third-order valence-electron chi connectivity index (χ3n) is 2.32. The van der Waals surface area contributed by atoms with Crippen LogP contribution in [0.25, 0.3) is 0 Å². The number of nitrogens with zero attached hydrogens (tertiary/aromatic N) is 1. The van der Waals surface area contributed by atoms with Crippen molar-refractivity contribution in [2.24, 2.45) is 0 Å². The molecule has 0 spiro atoms. The van der Waals surface area contributed by atoms with Crippen molar-refractivity contribution < 1.29 is 23.0 Å². The third kappa shape index (κ3) is 3.64. The van der Waals surface area contributed by atoms with Gasteiger partial charge in [-0.05, 0) is 24.6 Å². The molecule has 3 nitrogen and oxygen atoms in total. The molecular weight excluding hydrogens is 247 g/mol. The van der Waals surface area contributed by atoms with Crippen molar-refractivity contribution in [3.05, 3.63) is 29.3 Å². The fourth-order valence-corrected chi connectivity index (χ4v) is 1.25. The molecule has 98 valence electrons. The van der Waals surface area contributed by atoms with Gasteiger partial charge in [0.15, 0.2) is 0 Å². The summed E-state index contributed by atoms with van der Waals surface area (Å²) < 4.78 is 43.1. The lowest BCUT2D eigenvalue weighted by Crippen LogP contribution is -2.18. The molecule has 1 atom stereocenters. The molecule has 0 saturated carbocycles. The van der Waals surface area contributed by atoms with Crippen molar-refractivity contribution in [3.63, 3.8) is 0 Å². The second-order valence-corrected chi connectivity index (χ2v) is 3.69. The Bertz CT molecular complexity index is 452. The van der Waals surface area contributed by atoms with Crippen molar-refractivity contribution in [3.8, 4) is 11.8 Å². The van der Waals surface area contributed by atoms with E-state index in [1.165, 1.54) is 6.07 Å². The summed E-state index contributed by atoms with van der Waals surface area (Å²) in [4.78, 5) is 0. The lowest BCUT2D eigenvalue weighted by Gasteiger charge is -2.15. The first-order valence-electron chi connectivity index (χ1n) is 5.30. The molecule has 1 rings (SSSR count). The van der Waals surface area contributed by atoms with Crippen LogP contribution in [-0.4, -0.2) is 17.8 Å². The van der Waals surface area contributed by atoms with Crippen LogP contribution in [0.5, 0.6) is 5.75 Å². The molecular formula is C12H12F3NO2. The zero-order valence-corrected chi connectivity index (χ0v) is 9.66. The summed E-state index contributed by atoms with van der Waals surface area (Å²) >= 11 is 0. The molecule has 0 radical (unpaired) electrons. The fourth-order valence-electron chi connectivity index (χ4n) is 1.25. The molecule has 1 unspecified atom stereocenters. The van der Waals surface area contributed by atoms with Crippen molar-refractivity contribution in [1.82, 2.24) is 0 Å². The Kier molecular flexibility index (Phi) is 4.56. The lowest BCUT2D eigenvalue weighted by atomic mass is 10.1. The van der Waals surface area contributed by atoms with Crippen LogP contribution in [0.15, 0.2) is 18.2 Å². The van der Waals surface area contributed by atoms with E-state index in [9.17, 15) is 18.3 Å². The zero-order chi connectivity index (χ0) is 13.8. The normalized spacial score (nSPS) is 12.9. The molecule has 0 fully saturated rings. The average molecular weight is 259 g/mol. The van der Waals surface area contributed by atoms with Crippen LogP contribution in [0.4, 0.5) is 13.2 Å². The second kappa shape index (κ2) is 5.74. The van der Waals surface area contributed by atoms with E-state index in [0.717, 1.165) is 12.1 Å². The van der Waals surface area contributed by atoms with Gasteiger partial charge in [-0.2, -0.15) is 18.4 Å². The van der Waals surface area contributed by atoms with Crippen LogP contribution in [0.3, 0.4) is 0 Å². The lowest BCUT2D eigenvalue weighted by molar-refractivity contribution is -0.139. The fraction of sp³-hybridized carbons (Fsp3) is 0.417. The number of halogens is 3. The van der Waals surface area contributed by atoms with Gasteiger partial charge in [0, 0.05) is 0 Å². The summed E-state index contributed by atoms with van der Waals surface area (Å²) in [6.07, 6.45) is -5.03. The highest BCUT2D eigenvalue weighted by Gasteiger charge is 2.34. The molecule has 1 N–H and O–H groups in total. The predicted octanol–water partition coefficient (Wildman–Crippen LogP) is 2.73. The molecule has 0 amide bonds. The first-order chi connectivity index (χ1) is 8.38. The maximum Gasteiger partial charge on any atom is 0.420 e. The quantitative estimate of drug-likeness (QED) is 0.904. The van der Waals surface area contributed by atoms with Crippen molar-refractivity contribution in [2.75, 3.05) is 6.61 Å². The van der Waals surface area contributed by atoms with E-state index in [-0.39, 0.29) is 17.9 Å². The van der Waals surface area contributed by atoms with Gasteiger partial charge in [0.25, 0.3) is 0 Å². The van der Waals surface area contributed by atoms with Crippen LogP contribution in [0.1, 0.15) is 24.5 Å². The van der Waals surface area contributed by atoms with E-state index in [0.29, 0.717) is 6.42 Å². The number of nitriles is 1. The van der Waals surface area contributed by atoms with Crippen LogP contribution in [0.2, 0.25) is 0 Å². The molecule has 6 heteroatoms. The molecule has 0 saturated heterocycles. The van der Waals surface area contributed by atoms with E-state index in [1.54, 1.807) is 13.0 Å². The van der Waals surface area contributed by atoms with Crippen LogP contribution >= 0.6 is 0 Å². The largest absolute Gasteiger partial charge is 0.490 e. The number of aliphatic hydroxyl groups is 1. The van der Waals surface area contributed by atoms with Gasteiger partial charge in [-0.25, -0.2) is 0 Å². The van der Waals surface area contributed by atoms with Gasteiger partial charge in [-0.1, -0.05) is 6.92 Å². The summed E-state index contributed by atoms with van der Waals surface area (Å²) in [5.74, 6) is -0.381. The minimum atomic E-state index is -4.60. The van der Waals surface area contributed by atoms with Gasteiger partial charge in [0.1, 0.15) is 12.4 Å². The van der Waals surface area contributed by atoms with Crippen molar-refractivity contribution in [2.45, 2.75) is 25.6 Å². The standard InChI is InChI=1S/C12H12F3NO2/c1-2-9(17)7-18-11-4-3-8(6-16)5-10(11)12(13,14)15/h3-5,9,17H,2,7H2,1H3. The van der Waals surface area contributed by atoms with Crippen molar-refractivity contribution >= 4 is 0 Å². The highest BCUT2D eigenvalue weighted by atomic mass is 19.4. The summed E-state index contributed by atoms with van der Waals surface area (Å²) in [6.45, 7) is 1.48. The summed E-state index contributed by atoms with van der Waals surface area (Å²) in [6, 6.07) is 4.69. The molecule has 0 bridgehead atoms. The Morgan fingerprint density at radius 2 is 2.11 bits per heavy atom. The number of ether oxygens (including phenoxy) is 1. The Morgan fingerprint density at radius 1 is 1.44 bits per heavy atom. The first kappa shape index (κ1) is 14.3. The second-order valence-electron chi connectivity index (χ2n) is 3.69. The Morgan fingerprint density at radius 3 is 2.61 bits per heavy atom. The summed E-state index contributed by atoms with van der Waals surface area (Å²) in [5.41, 5.74) is -1.10. The highest BCUT2D eigenvalue weighted by Crippen LogP contribution is 2.36. The monoisotopic (exact) mass is 259 g/mol. The first-order valence-corrected chi connectivity index (χ1v) is 5.30. The van der Waals surface area contributed by atoms with Gasteiger partial charge < -0.3 is 9.84 Å². The van der Waals surface area contributed by atoms with Crippen LogP contribution in [0, 0.1) is 11.3 Å². The van der Waals surface area contributed by atoms with Crippen LogP contribution in [-0.2, 0) is 6.18 Å². The Hall–Kier alpha value is -1.74. The number of aliphatic hydroxyl groups excluding tert-OH is 1. The molecule has 0 aliphatic heterocycles. The van der Waals surface area contributed by atoms with Gasteiger partial charge >= 0.3 is 6.18 Å². The smallest absolute Gasteiger partial charge is 0.420 e. The predicted molar refractivity (Wildman–Crippen MR) is 58.0 cm³/mol. The van der Waals surface area contributed by atoms with E-state index >= 15 is 0 Å². The molecule has 0 aliphatic rings. The van der Waals surface area contributed by atoms with E-state index in [2.05, 4.69) is 0 Å². The van der Waals surface area contributed by atoms with Gasteiger partial charge in [-0.3, -0.25) is 0 Å². The number of rotatable bonds is 4. The van der Waals surface area contributed by atoms with Gasteiger partial charge in [0.2, 0.25) is 0 Å². The summed E-state index contributed by atoms with van der Waals surface area (Å²) in [5, 5.41) is 17.8. The van der Waals surface area contributed by atoms with Crippen molar-refractivity contribution in [1.29, 1.82) is 5.26 Å². The van der Waals surface area contributed by atoms with E-state index in [1.807, 2.05) is 0 Å². The number of hydrogen-bond acceptors (Lipinski definition) is 3. The molecule has 18 heavy (non-hydrogen) atoms. The molecule has 1 aromatic rings.